The van der Waals surface area contributed by atoms with Gasteiger partial charge in [0.2, 0.25) is 0 Å². The normalized spacial score (nSPS) is 17.3. The molecule has 0 radical (unpaired) electrons. The van der Waals surface area contributed by atoms with Crippen molar-refractivity contribution in [3.05, 3.63) is 11.5 Å². The molecule has 5 heteroatoms. The lowest BCUT2D eigenvalue weighted by atomic mass is 9.78. The number of ether oxygens (including phenoxy) is 1. The van der Waals surface area contributed by atoms with Crippen LogP contribution in [0.25, 0.3) is 0 Å². The number of imidazole rings is 1. The van der Waals surface area contributed by atoms with Gasteiger partial charge in [0, 0.05) is 12.0 Å². The summed E-state index contributed by atoms with van der Waals surface area (Å²) in [7, 11) is 0. The Kier molecular flexibility index (Phi) is 3.32. The van der Waals surface area contributed by atoms with Crippen LogP contribution in [0, 0.1) is 0 Å². The molecule has 0 atom stereocenters. The number of rotatable bonds is 4. The maximum absolute atomic E-state index is 11.8. The van der Waals surface area contributed by atoms with Gasteiger partial charge in [-0.05, 0) is 33.1 Å². The highest BCUT2D eigenvalue weighted by Crippen LogP contribution is 2.42. The van der Waals surface area contributed by atoms with Gasteiger partial charge in [-0.15, -0.1) is 0 Å². The quantitative estimate of drug-likeness (QED) is 0.832. The number of nitrogens with two attached hydrogens (primary N) is 1. The average molecular weight is 251 g/mol. The van der Waals surface area contributed by atoms with Gasteiger partial charge in [0.1, 0.15) is 11.6 Å². The van der Waals surface area contributed by atoms with Crippen molar-refractivity contribution in [1.29, 1.82) is 0 Å². The third-order valence-corrected chi connectivity index (χ3v) is 3.74. The Morgan fingerprint density at radius 3 is 2.61 bits per heavy atom. The maximum atomic E-state index is 11.8. The summed E-state index contributed by atoms with van der Waals surface area (Å²) in [4.78, 5) is 16.2. The molecular weight excluding hydrogens is 230 g/mol. The molecule has 100 valence electrons. The van der Waals surface area contributed by atoms with Crippen molar-refractivity contribution in [3.8, 4) is 0 Å². The Balaban J connectivity index is 2.43. The number of hydrogen-bond donors (Lipinski definition) is 1. The summed E-state index contributed by atoms with van der Waals surface area (Å²) in [6.07, 6.45) is 4.14. The van der Waals surface area contributed by atoms with Crippen molar-refractivity contribution < 1.29 is 9.53 Å². The monoisotopic (exact) mass is 251 g/mol. The molecule has 1 aliphatic rings. The zero-order chi connectivity index (χ0) is 13.3. The Morgan fingerprint density at radius 1 is 1.50 bits per heavy atom. The van der Waals surface area contributed by atoms with Crippen molar-refractivity contribution in [2.45, 2.75) is 52.0 Å². The number of aromatic nitrogens is 2. The lowest BCUT2D eigenvalue weighted by Crippen LogP contribution is -2.39. The first-order valence-corrected chi connectivity index (χ1v) is 6.58. The average Bonchev–Trinajstić information content (AvgIpc) is 2.64. The first-order valence-electron chi connectivity index (χ1n) is 6.58. The second-order valence-corrected chi connectivity index (χ2v) is 5.02. The van der Waals surface area contributed by atoms with Gasteiger partial charge in [0.25, 0.3) is 0 Å². The summed E-state index contributed by atoms with van der Waals surface area (Å²) in [5.74, 6) is 0.900. The van der Waals surface area contributed by atoms with E-state index >= 15 is 0 Å². The molecule has 5 nitrogen and oxygen atoms in total. The molecule has 1 fully saturated rings. The molecule has 0 unspecified atom stereocenters. The third kappa shape index (κ3) is 1.87. The summed E-state index contributed by atoms with van der Waals surface area (Å²) < 4.78 is 7.02. The van der Waals surface area contributed by atoms with E-state index in [9.17, 15) is 4.79 Å². The highest BCUT2D eigenvalue weighted by Gasteiger charge is 2.38. The van der Waals surface area contributed by atoms with Crippen molar-refractivity contribution in [2.75, 3.05) is 12.3 Å². The van der Waals surface area contributed by atoms with E-state index in [0.29, 0.717) is 12.4 Å². The number of nitrogens with zero attached hydrogens (tertiary/aromatic N) is 2. The maximum Gasteiger partial charge on any atom is 0.360 e. The van der Waals surface area contributed by atoms with E-state index in [1.165, 1.54) is 6.42 Å². The zero-order valence-electron chi connectivity index (χ0n) is 11.3. The second-order valence-electron chi connectivity index (χ2n) is 5.02. The van der Waals surface area contributed by atoms with E-state index in [1.807, 2.05) is 11.5 Å². The number of carbonyl (C=O) groups is 1. The molecule has 2 rings (SSSR count). The number of anilines is 1. The van der Waals surface area contributed by atoms with Crippen LogP contribution in [0.2, 0.25) is 0 Å². The Labute approximate surface area is 107 Å². The first-order chi connectivity index (χ1) is 8.53. The van der Waals surface area contributed by atoms with Gasteiger partial charge >= 0.3 is 5.97 Å². The molecule has 0 spiro atoms. The van der Waals surface area contributed by atoms with E-state index in [0.717, 1.165) is 25.1 Å². The van der Waals surface area contributed by atoms with Crippen LogP contribution in [-0.4, -0.2) is 22.1 Å². The van der Waals surface area contributed by atoms with Crippen LogP contribution < -0.4 is 5.73 Å². The minimum absolute atomic E-state index is 0.0210. The summed E-state index contributed by atoms with van der Waals surface area (Å²) in [6.45, 7) is 6.31. The predicted octanol–water partition coefficient (Wildman–Crippen LogP) is 2.10. The molecule has 1 aromatic heterocycles. The van der Waals surface area contributed by atoms with Crippen LogP contribution in [0.3, 0.4) is 0 Å². The van der Waals surface area contributed by atoms with Crippen LogP contribution in [-0.2, 0) is 16.7 Å². The number of aryl methyl sites for hydroxylation is 1. The van der Waals surface area contributed by atoms with Crippen LogP contribution in [0.5, 0.6) is 0 Å². The van der Waals surface area contributed by atoms with Gasteiger partial charge in [-0.2, -0.15) is 0 Å². The van der Waals surface area contributed by atoms with Crippen molar-refractivity contribution in [1.82, 2.24) is 9.55 Å². The van der Waals surface area contributed by atoms with Crippen molar-refractivity contribution in [3.63, 3.8) is 0 Å². The summed E-state index contributed by atoms with van der Waals surface area (Å²) in [5, 5.41) is 0. The molecule has 1 saturated carbocycles. The summed E-state index contributed by atoms with van der Waals surface area (Å²) in [5.41, 5.74) is 6.39. The van der Waals surface area contributed by atoms with Crippen LogP contribution in [0.15, 0.2) is 0 Å². The molecule has 0 aliphatic heterocycles. The molecule has 0 aromatic carbocycles. The van der Waals surface area contributed by atoms with Gasteiger partial charge < -0.3 is 15.0 Å². The first kappa shape index (κ1) is 12.9. The molecule has 2 N–H and O–H groups in total. The number of esters is 1. The zero-order valence-corrected chi connectivity index (χ0v) is 11.3. The molecule has 0 amide bonds. The molecule has 0 saturated heterocycles. The fraction of sp³-hybridized carbons (Fsp3) is 0.692. The highest BCUT2D eigenvalue weighted by molar-refractivity contribution is 5.92. The van der Waals surface area contributed by atoms with E-state index < -0.39 is 5.97 Å². The Bertz CT molecular complexity index is 461. The molecule has 1 aliphatic carbocycles. The molecule has 1 heterocycles. The lowest BCUT2D eigenvalue weighted by Gasteiger charge is -2.41. The van der Waals surface area contributed by atoms with Crippen LogP contribution >= 0.6 is 0 Å². The number of nitrogen functional groups attached to an aromatic ring is 1. The fourth-order valence-electron chi connectivity index (χ4n) is 2.58. The molecular formula is C13H21N3O2. The minimum Gasteiger partial charge on any atom is -0.461 e. The summed E-state index contributed by atoms with van der Waals surface area (Å²) in [6, 6.07) is 0. The standard InChI is InChI=1S/C13H21N3O2/c1-4-9-15-10(12(17)18-5-2)11(14)16(9)13(3)7-6-8-13/h4-8,14H2,1-3H3. The lowest BCUT2D eigenvalue weighted by molar-refractivity contribution is 0.0521. The van der Waals surface area contributed by atoms with Crippen molar-refractivity contribution in [2.24, 2.45) is 0 Å². The SMILES string of the molecule is CCOC(=O)c1nc(CC)n(C2(C)CCC2)c1N. The van der Waals surface area contributed by atoms with Gasteiger partial charge in [-0.1, -0.05) is 6.92 Å². The number of hydrogen-bond acceptors (Lipinski definition) is 4. The topological polar surface area (TPSA) is 70.1 Å². The highest BCUT2D eigenvalue weighted by atomic mass is 16.5. The fourth-order valence-corrected chi connectivity index (χ4v) is 2.58. The molecule has 1 aromatic rings. The van der Waals surface area contributed by atoms with Crippen LogP contribution in [0.1, 0.15) is 56.3 Å². The largest absolute Gasteiger partial charge is 0.461 e. The van der Waals surface area contributed by atoms with Gasteiger partial charge in [0.15, 0.2) is 5.69 Å². The number of carbonyl (C=O) groups excluding carboxylic acids is 1. The minimum atomic E-state index is -0.425. The molecule has 0 bridgehead atoms. The second kappa shape index (κ2) is 4.63. The van der Waals surface area contributed by atoms with E-state index in [4.69, 9.17) is 10.5 Å². The van der Waals surface area contributed by atoms with E-state index in [1.54, 1.807) is 6.92 Å². The van der Waals surface area contributed by atoms with Crippen LogP contribution in [0.4, 0.5) is 5.82 Å². The van der Waals surface area contributed by atoms with E-state index in [-0.39, 0.29) is 11.2 Å². The van der Waals surface area contributed by atoms with Gasteiger partial charge in [0.05, 0.1) is 6.61 Å². The van der Waals surface area contributed by atoms with Crippen molar-refractivity contribution >= 4 is 11.8 Å². The van der Waals surface area contributed by atoms with E-state index in [2.05, 4.69) is 11.9 Å². The Hall–Kier alpha value is -1.52. The smallest absolute Gasteiger partial charge is 0.360 e. The van der Waals surface area contributed by atoms with Gasteiger partial charge in [-0.25, -0.2) is 9.78 Å². The predicted molar refractivity (Wildman–Crippen MR) is 69.5 cm³/mol. The van der Waals surface area contributed by atoms with Gasteiger partial charge in [-0.3, -0.25) is 0 Å². The summed E-state index contributed by atoms with van der Waals surface area (Å²) >= 11 is 0. The Morgan fingerprint density at radius 2 is 2.17 bits per heavy atom. The molecule has 18 heavy (non-hydrogen) atoms. The third-order valence-electron chi connectivity index (χ3n) is 3.74.